The standard InChI is InChI=1S/C13H15F2NO2/c14-13(15)18-11-6-2-1-5-10(11)12(16)9-4-3-7-17-8-9/h1-2,5-6,8,12-13H,3-4,7,16H2. The molecule has 1 unspecified atom stereocenters. The number of hydrogen-bond donors (Lipinski definition) is 1. The molecule has 1 atom stereocenters. The minimum atomic E-state index is -2.85. The van der Waals surface area contributed by atoms with Gasteiger partial charge in [-0.15, -0.1) is 0 Å². The molecule has 1 heterocycles. The van der Waals surface area contributed by atoms with E-state index >= 15 is 0 Å². The fourth-order valence-electron chi connectivity index (χ4n) is 1.95. The van der Waals surface area contributed by atoms with Gasteiger partial charge in [0, 0.05) is 5.56 Å². The quantitative estimate of drug-likeness (QED) is 0.899. The van der Waals surface area contributed by atoms with E-state index in [1.165, 1.54) is 6.07 Å². The van der Waals surface area contributed by atoms with E-state index in [1.54, 1.807) is 24.5 Å². The molecule has 0 saturated heterocycles. The molecule has 0 spiro atoms. The molecule has 18 heavy (non-hydrogen) atoms. The van der Waals surface area contributed by atoms with Gasteiger partial charge in [-0.3, -0.25) is 0 Å². The average Bonchev–Trinajstić information content (AvgIpc) is 2.39. The third kappa shape index (κ3) is 2.98. The highest BCUT2D eigenvalue weighted by atomic mass is 19.3. The first-order valence-corrected chi connectivity index (χ1v) is 5.78. The lowest BCUT2D eigenvalue weighted by molar-refractivity contribution is -0.0505. The Kier molecular flexibility index (Phi) is 4.15. The number of nitrogens with two attached hydrogens (primary N) is 1. The SMILES string of the molecule is NC(C1=COCCC1)c1ccccc1OC(F)F. The third-order valence-corrected chi connectivity index (χ3v) is 2.83. The first kappa shape index (κ1) is 12.8. The Morgan fingerprint density at radius 3 is 2.72 bits per heavy atom. The maximum absolute atomic E-state index is 12.3. The van der Waals surface area contributed by atoms with Gasteiger partial charge >= 0.3 is 6.61 Å². The van der Waals surface area contributed by atoms with Crippen LogP contribution in [0.4, 0.5) is 8.78 Å². The second kappa shape index (κ2) is 5.82. The Hall–Kier alpha value is -1.62. The summed E-state index contributed by atoms with van der Waals surface area (Å²) in [5.41, 5.74) is 7.52. The molecule has 1 aliphatic rings. The van der Waals surface area contributed by atoms with Crippen molar-refractivity contribution >= 4 is 0 Å². The highest BCUT2D eigenvalue weighted by Crippen LogP contribution is 2.32. The summed E-state index contributed by atoms with van der Waals surface area (Å²) >= 11 is 0. The molecule has 0 amide bonds. The van der Waals surface area contributed by atoms with Gasteiger partial charge in [0.05, 0.1) is 18.9 Å². The van der Waals surface area contributed by atoms with Gasteiger partial charge in [0.25, 0.3) is 0 Å². The topological polar surface area (TPSA) is 44.5 Å². The van der Waals surface area contributed by atoms with Crippen LogP contribution in [0, 0.1) is 0 Å². The number of benzene rings is 1. The van der Waals surface area contributed by atoms with E-state index in [-0.39, 0.29) is 5.75 Å². The maximum atomic E-state index is 12.3. The van der Waals surface area contributed by atoms with Gasteiger partial charge in [-0.1, -0.05) is 18.2 Å². The molecule has 98 valence electrons. The zero-order valence-corrected chi connectivity index (χ0v) is 9.81. The first-order valence-electron chi connectivity index (χ1n) is 5.78. The summed E-state index contributed by atoms with van der Waals surface area (Å²) in [6.45, 7) is -2.18. The van der Waals surface area contributed by atoms with E-state index in [1.807, 2.05) is 0 Å². The van der Waals surface area contributed by atoms with Crippen molar-refractivity contribution in [1.82, 2.24) is 0 Å². The highest BCUT2D eigenvalue weighted by molar-refractivity contribution is 5.39. The summed E-state index contributed by atoms with van der Waals surface area (Å²) in [5, 5.41) is 0. The molecule has 0 aromatic heterocycles. The Morgan fingerprint density at radius 1 is 1.28 bits per heavy atom. The molecule has 5 heteroatoms. The van der Waals surface area contributed by atoms with Crippen molar-refractivity contribution in [3.05, 3.63) is 41.7 Å². The van der Waals surface area contributed by atoms with Crippen molar-refractivity contribution in [2.24, 2.45) is 5.73 Å². The lowest BCUT2D eigenvalue weighted by atomic mass is 9.95. The molecule has 0 radical (unpaired) electrons. The molecule has 2 N–H and O–H groups in total. The van der Waals surface area contributed by atoms with E-state index in [0.717, 1.165) is 18.4 Å². The second-order valence-corrected chi connectivity index (χ2v) is 4.06. The summed E-state index contributed by atoms with van der Waals surface area (Å²) < 4.78 is 34.3. The zero-order chi connectivity index (χ0) is 13.0. The van der Waals surface area contributed by atoms with Crippen LogP contribution in [0.5, 0.6) is 5.75 Å². The molecule has 0 saturated carbocycles. The van der Waals surface area contributed by atoms with Crippen LogP contribution in [-0.2, 0) is 4.74 Å². The Balaban J connectivity index is 2.23. The minimum absolute atomic E-state index is 0.117. The summed E-state index contributed by atoms with van der Waals surface area (Å²) in [6, 6.07) is 6.10. The highest BCUT2D eigenvalue weighted by Gasteiger charge is 2.19. The van der Waals surface area contributed by atoms with Crippen molar-refractivity contribution in [3.8, 4) is 5.75 Å². The van der Waals surface area contributed by atoms with Crippen molar-refractivity contribution in [1.29, 1.82) is 0 Å². The maximum Gasteiger partial charge on any atom is 0.387 e. The Bertz CT molecular complexity index is 435. The predicted molar refractivity (Wildman–Crippen MR) is 63.3 cm³/mol. The lowest BCUT2D eigenvalue weighted by Gasteiger charge is -2.22. The summed E-state index contributed by atoms with van der Waals surface area (Å²) in [4.78, 5) is 0. The van der Waals surface area contributed by atoms with Crippen molar-refractivity contribution in [2.75, 3.05) is 6.61 Å². The van der Waals surface area contributed by atoms with Gasteiger partial charge in [-0.25, -0.2) is 0 Å². The van der Waals surface area contributed by atoms with Gasteiger partial charge in [-0.2, -0.15) is 8.78 Å². The van der Waals surface area contributed by atoms with Crippen LogP contribution < -0.4 is 10.5 Å². The van der Waals surface area contributed by atoms with E-state index in [9.17, 15) is 8.78 Å². The molecule has 2 rings (SSSR count). The Morgan fingerprint density at radius 2 is 2.06 bits per heavy atom. The van der Waals surface area contributed by atoms with Gasteiger partial charge in [0.2, 0.25) is 0 Å². The lowest BCUT2D eigenvalue weighted by Crippen LogP contribution is -2.18. The summed E-state index contributed by atoms with van der Waals surface area (Å²) in [7, 11) is 0. The van der Waals surface area contributed by atoms with Crippen LogP contribution >= 0.6 is 0 Å². The third-order valence-electron chi connectivity index (χ3n) is 2.83. The molecule has 1 aromatic rings. The first-order chi connectivity index (χ1) is 8.68. The van der Waals surface area contributed by atoms with Crippen molar-refractivity contribution in [2.45, 2.75) is 25.5 Å². The van der Waals surface area contributed by atoms with Crippen LogP contribution in [0.2, 0.25) is 0 Å². The molecule has 0 aliphatic carbocycles. The number of halogens is 2. The van der Waals surface area contributed by atoms with Gasteiger partial charge in [0.1, 0.15) is 5.75 Å². The van der Waals surface area contributed by atoms with Gasteiger partial charge < -0.3 is 15.2 Å². The number of ether oxygens (including phenoxy) is 2. The largest absolute Gasteiger partial charge is 0.501 e. The summed E-state index contributed by atoms with van der Waals surface area (Å²) in [6.07, 6.45) is 3.31. The number of para-hydroxylation sites is 1. The molecular weight excluding hydrogens is 240 g/mol. The molecule has 1 aliphatic heterocycles. The monoisotopic (exact) mass is 255 g/mol. The average molecular weight is 255 g/mol. The van der Waals surface area contributed by atoms with Crippen LogP contribution in [0.15, 0.2) is 36.1 Å². The van der Waals surface area contributed by atoms with E-state index in [2.05, 4.69) is 4.74 Å². The molecule has 0 bridgehead atoms. The molecule has 3 nitrogen and oxygen atoms in total. The van der Waals surface area contributed by atoms with E-state index < -0.39 is 12.7 Å². The van der Waals surface area contributed by atoms with Crippen LogP contribution in [0.1, 0.15) is 24.4 Å². The van der Waals surface area contributed by atoms with Gasteiger partial charge in [0.15, 0.2) is 0 Å². The fourth-order valence-corrected chi connectivity index (χ4v) is 1.95. The predicted octanol–water partition coefficient (Wildman–Crippen LogP) is 2.98. The van der Waals surface area contributed by atoms with Crippen LogP contribution in [-0.4, -0.2) is 13.2 Å². The fraction of sp³-hybridized carbons (Fsp3) is 0.385. The molecule has 0 fully saturated rings. The number of alkyl halides is 2. The normalized spacial score (nSPS) is 17.0. The smallest absolute Gasteiger partial charge is 0.387 e. The Labute approximate surface area is 104 Å². The summed E-state index contributed by atoms with van der Waals surface area (Å²) in [5.74, 6) is 0.117. The number of rotatable bonds is 4. The van der Waals surface area contributed by atoms with E-state index in [4.69, 9.17) is 10.5 Å². The second-order valence-electron chi connectivity index (χ2n) is 4.06. The van der Waals surface area contributed by atoms with Crippen molar-refractivity contribution in [3.63, 3.8) is 0 Å². The minimum Gasteiger partial charge on any atom is -0.501 e. The van der Waals surface area contributed by atoms with Crippen LogP contribution in [0.3, 0.4) is 0 Å². The van der Waals surface area contributed by atoms with Crippen LogP contribution in [0.25, 0.3) is 0 Å². The zero-order valence-electron chi connectivity index (χ0n) is 9.81. The van der Waals surface area contributed by atoms with E-state index in [0.29, 0.717) is 12.2 Å². The van der Waals surface area contributed by atoms with Crippen molar-refractivity contribution < 1.29 is 18.3 Å². The van der Waals surface area contributed by atoms with Gasteiger partial charge in [-0.05, 0) is 24.5 Å². The molecule has 1 aromatic carbocycles. The number of hydrogen-bond acceptors (Lipinski definition) is 3. The molecular formula is C13H15F2NO2.